The van der Waals surface area contributed by atoms with Crippen molar-refractivity contribution in [3.63, 3.8) is 0 Å². The largest absolute Gasteiger partial charge is 0.481 e. The van der Waals surface area contributed by atoms with Gasteiger partial charge in [-0.25, -0.2) is 8.78 Å². The second kappa shape index (κ2) is 7.51. The molecule has 0 heterocycles. The summed E-state index contributed by atoms with van der Waals surface area (Å²) in [7, 11) is 0. The molecule has 1 aliphatic carbocycles. The van der Waals surface area contributed by atoms with E-state index >= 15 is 0 Å². The molecule has 7 heteroatoms. The number of carbonyl (C=O) groups excluding carboxylic acids is 1. The summed E-state index contributed by atoms with van der Waals surface area (Å²) < 4.78 is 31.8. The predicted molar refractivity (Wildman–Crippen MR) is 89.1 cm³/mol. The molecule has 1 amide bonds. The molecule has 0 bridgehead atoms. The Morgan fingerprint density at radius 2 is 1.81 bits per heavy atom. The average Bonchev–Trinajstić information content (AvgIpc) is 3.07. The van der Waals surface area contributed by atoms with E-state index in [9.17, 15) is 18.4 Å². The topological polar surface area (TPSA) is 75.6 Å². The van der Waals surface area contributed by atoms with Crippen LogP contribution in [0.5, 0.6) is 11.5 Å². The van der Waals surface area contributed by atoms with Gasteiger partial charge in [0.15, 0.2) is 11.6 Å². The molecule has 5 nitrogen and oxygen atoms in total. The molecule has 0 unspecified atom stereocenters. The fraction of sp³-hybridized carbons (Fsp3) is 0.263. The van der Waals surface area contributed by atoms with Gasteiger partial charge in [-0.05, 0) is 55.7 Å². The Kier molecular flexibility index (Phi) is 5.16. The number of carbonyl (C=O) groups is 2. The Morgan fingerprint density at radius 3 is 2.42 bits per heavy atom. The molecular weight excluding hydrogens is 344 g/mol. The van der Waals surface area contributed by atoms with Gasteiger partial charge in [0, 0.05) is 17.7 Å². The van der Waals surface area contributed by atoms with Gasteiger partial charge in [0.05, 0.1) is 5.92 Å². The van der Waals surface area contributed by atoms with Crippen LogP contribution in [0.1, 0.15) is 29.6 Å². The summed E-state index contributed by atoms with van der Waals surface area (Å²) in [5.74, 6) is -2.88. The highest BCUT2D eigenvalue weighted by Crippen LogP contribution is 2.27. The van der Waals surface area contributed by atoms with Crippen LogP contribution >= 0.6 is 0 Å². The van der Waals surface area contributed by atoms with Crippen molar-refractivity contribution in [2.24, 2.45) is 5.92 Å². The first-order chi connectivity index (χ1) is 12.4. The number of carboxylic acids is 1. The molecule has 0 aromatic heterocycles. The molecule has 2 atom stereocenters. The number of aliphatic carboxylic acids is 1. The molecule has 0 radical (unpaired) electrons. The Labute approximate surface area is 148 Å². The first kappa shape index (κ1) is 17.8. The average molecular weight is 361 g/mol. The van der Waals surface area contributed by atoms with Crippen molar-refractivity contribution in [1.29, 1.82) is 0 Å². The van der Waals surface area contributed by atoms with Crippen LogP contribution in [0, 0.1) is 17.6 Å². The highest BCUT2D eigenvalue weighted by Gasteiger charge is 2.30. The van der Waals surface area contributed by atoms with Crippen LogP contribution in [-0.2, 0) is 4.79 Å². The Balaban J connectivity index is 1.60. The molecule has 0 aliphatic heterocycles. The smallest absolute Gasteiger partial charge is 0.306 e. The van der Waals surface area contributed by atoms with Crippen molar-refractivity contribution in [1.82, 2.24) is 5.32 Å². The van der Waals surface area contributed by atoms with Gasteiger partial charge in [-0.3, -0.25) is 9.59 Å². The van der Waals surface area contributed by atoms with Crippen LogP contribution in [0.15, 0.2) is 42.5 Å². The molecule has 26 heavy (non-hydrogen) atoms. The number of rotatable bonds is 5. The van der Waals surface area contributed by atoms with Gasteiger partial charge in [0.2, 0.25) is 0 Å². The van der Waals surface area contributed by atoms with E-state index in [1.807, 2.05) is 0 Å². The minimum Gasteiger partial charge on any atom is -0.481 e. The minimum absolute atomic E-state index is 0.116. The zero-order valence-corrected chi connectivity index (χ0v) is 13.7. The molecule has 1 saturated carbocycles. The first-order valence-electron chi connectivity index (χ1n) is 8.19. The molecular formula is C19H17F2NO4. The van der Waals surface area contributed by atoms with Crippen molar-refractivity contribution in [3.05, 3.63) is 59.7 Å². The molecule has 2 N–H and O–H groups in total. The van der Waals surface area contributed by atoms with Gasteiger partial charge in [0.1, 0.15) is 11.6 Å². The third-order valence-electron chi connectivity index (χ3n) is 4.36. The third-order valence-corrected chi connectivity index (χ3v) is 4.36. The fourth-order valence-corrected chi connectivity index (χ4v) is 2.96. The van der Waals surface area contributed by atoms with Crippen LogP contribution in [0.25, 0.3) is 0 Å². The van der Waals surface area contributed by atoms with Crippen LogP contribution in [-0.4, -0.2) is 23.0 Å². The van der Waals surface area contributed by atoms with Gasteiger partial charge in [-0.1, -0.05) is 0 Å². The summed E-state index contributed by atoms with van der Waals surface area (Å²) in [4.78, 5) is 23.2. The standard InChI is InChI=1S/C19H17F2NO4/c20-13-4-8-17(16(21)10-13)26-15-6-2-11(3-7-15)18(23)22-14-5-1-12(9-14)19(24)25/h2-4,6-8,10,12,14H,1,5,9H2,(H,22,23)(H,24,25)/t12-,14+/m1/s1. The number of hydrogen-bond donors (Lipinski definition) is 2. The fourth-order valence-electron chi connectivity index (χ4n) is 2.96. The van der Waals surface area contributed by atoms with Crippen molar-refractivity contribution < 1.29 is 28.2 Å². The number of nitrogens with one attached hydrogen (secondary N) is 1. The number of ether oxygens (including phenoxy) is 1. The lowest BCUT2D eigenvalue weighted by atomic mass is 10.1. The SMILES string of the molecule is O=C(N[C@H]1CC[C@@H](C(=O)O)C1)c1ccc(Oc2ccc(F)cc2F)cc1. The monoisotopic (exact) mass is 361 g/mol. The normalized spacial score (nSPS) is 19.2. The molecule has 3 rings (SSSR count). The van der Waals surface area contributed by atoms with Crippen molar-refractivity contribution in [2.75, 3.05) is 0 Å². The van der Waals surface area contributed by atoms with Gasteiger partial charge in [-0.15, -0.1) is 0 Å². The zero-order chi connectivity index (χ0) is 18.7. The summed E-state index contributed by atoms with van der Waals surface area (Å²) in [5, 5.41) is 11.8. The molecule has 136 valence electrons. The van der Waals surface area contributed by atoms with E-state index < -0.39 is 23.5 Å². The third kappa shape index (κ3) is 4.17. The lowest BCUT2D eigenvalue weighted by molar-refractivity contribution is -0.141. The predicted octanol–water partition coefficient (Wildman–Crippen LogP) is 3.74. The van der Waals surface area contributed by atoms with Crippen molar-refractivity contribution in [3.8, 4) is 11.5 Å². The number of hydrogen-bond acceptors (Lipinski definition) is 3. The van der Waals surface area contributed by atoms with E-state index in [0.29, 0.717) is 30.6 Å². The lowest BCUT2D eigenvalue weighted by Crippen LogP contribution is -2.33. The van der Waals surface area contributed by atoms with E-state index in [0.717, 1.165) is 12.1 Å². The maximum Gasteiger partial charge on any atom is 0.306 e. The zero-order valence-electron chi connectivity index (χ0n) is 13.7. The number of amides is 1. The van der Waals surface area contributed by atoms with Gasteiger partial charge in [-0.2, -0.15) is 0 Å². The van der Waals surface area contributed by atoms with Crippen LogP contribution in [0.2, 0.25) is 0 Å². The summed E-state index contributed by atoms with van der Waals surface area (Å²) >= 11 is 0. The van der Waals surface area contributed by atoms with E-state index in [2.05, 4.69) is 5.32 Å². The molecule has 1 fully saturated rings. The highest BCUT2D eigenvalue weighted by atomic mass is 19.1. The quantitative estimate of drug-likeness (QED) is 0.851. The van der Waals surface area contributed by atoms with Gasteiger partial charge in [0.25, 0.3) is 5.91 Å². The Morgan fingerprint density at radius 1 is 1.08 bits per heavy atom. The Hall–Kier alpha value is -2.96. The Bertz CT molecular complexity index is 823. The summed E-state index contributed by atoms with van der Waals surface area (Å²) in [6, 6.07) is 8.90. The maximum atomic E-state index is 13.6. The lowest BCUT2D eigenvalue weighted by Gasteiger charge is -2.13. The van der Waals surface area contributed by atoms with Crippen LogP contribution in [0.3, 0.4) is 0 Å². The number of carboxylic acid groups (broad SMARTS) is 1. The van der Waals surface area contributed by atoms with E-state index in [4.69, 9.17) is 9.84 Å². The summed E-state index contributed by atoms with van der Waals surface area (Å²) in [6.07, 6.45) is 1.61. The molecule has 0 saturated heterocycles. The number of benzene rings is 2. The van der Waals surface area contributed by atoms with Gasteiger partial charge >= 0.3 is 5.97 Å². The first-order valence-corrected chi connectivity index (χ1v) is 8.19. The summed E-state index contributed by atoms with van der Waals surface area (Å²) in [6.45, 7) is 0. The minimum atomic E-state index is -0.837. The molecule has 1 aliphatic rings. The highest BCUT2D eigenvalue weighted by molar-refractivity contribution is 5.94. The van der Waals surface area contributed by atoms with Crippen molar-refractivity contribution in [2.45, 2.75) is 25.3 Å². The van der Waals surface area contributed by atoms with Crippen LogP contribution in [0.4, 0.5) is 8.78 Å². The van der Waals surface area contributed by atoms with E-state index in [-0.39, 0.29) is 17.7 Å². The van der Waals surface area contributed by atoms with E-state index in [1.54, 1.807) is 0 Å². The maximum absolute atomic E-state index is 13.6. The molecule has 2 aromatic carbocycles. The second-order valence-corrected chi connectivity index (χ2v) is 6.22. The summed E-state index contributed by atoms with van der Waals surface area (Å²) in [5.41, 5.74) is 0.385. The number of halogens is 2. The molecule has 2 aromatic rings. The molecule has 0 spiro atoms. The van der Waals surface area contributed by atoms with Gasteiger partial charge < -0.3 is 15.2 Å². The van der Waals surface area contributed by atoms with Crippen molar-refractivity contribution >= 4 is 11.9 Å². The van der Waals surface area contributed by atoms with E-state index in [1.165, 1.54) is 30.3 Å². The van der Waals surface area contributed by atoms with Crippen LogP contribution < -0.4 is 10.1 Å². The second-order valence-electron chi connectivity index (χ2n) is 6.22.